The molecule has 0 saturated carbocycles. The third kappa shape index (κ3) is 5.01. The lowest BCUT2D eigenvalue weighted by molar-refractivity contribution is -0.155. The molecule has 6 heteroatoms. The summed E-state index contributed by atoms with van der Waals surface area (Å²) in [6, 6.07) is 20.3. The van der Waals surface area contributed by atoms with Crippen molar-refractivity contribution < 1.29 is 23.8 Å². The largest absolute Gasteiger partial charge is 0.497 e. The fourth-order valence-corrected chi connectivity index (χ4v) is 2.63. The van der Waals surface area contributed by atoms with E-state index in [4.69, 9.17) is 14.2 Å². The summed E-state index contributed by atoms with van der Waals surface area (Å²) in [5.74, 6) is 0.115. The average Bonchev–Trinajstić information content (AvgIpc) is 2.72. The van der Waals surface area contributed by atoms with Gasteiger partial charge >= 0.3 is 5.97 Å². The van der Waals surface area contributed by atoms with E-state index in [-0.39, 0.29) is 6.61 Å². The summed E-state index contributed by atoms with van der Waals surface area (Å²) in [6.45, 7) is 1.22. The van der Waals surface area contributed by atoms with Gasteiger partial charge in [-0.1, -0.05) is 36.4 Å². The van der Waals surface area contributed by atoms with Gasteiger partial charge in [-0.05, 0) is 42.0 Å². The van der Waals surface area contributed by atoms with Crippen molar-refractivity contribution >= 4 is 28.3 Å². The van der Waals surface area contributed by atoms with Crippen LogP contribution in [0.3, 0.4) is 0 Å². The second kappa shape index (κ2) is 8.90. The number of benzene rings is 3. The monoisotopic (exact) mass is 379 g/mol. The van der Waals surface area contributed by atoms with E-state index < -0.39 is 18.0 Å². The normalized spacial score (nSPS) is 11.5. The first-order valence-corrected chi connectivity index (χ1v) is 8.81. The van der Waals surface area contributed by atoms with Gasteiger partial charge in [0.05, 0.1) is 7.11 Å². The van der Waals surface area contributed by atoms with Crippen LogP contribution >= 0.6 is 0 Å². The van der Waals surface area contributed by atoms with E-state index in [0.29, 0.717) is 17.2 Å². The van der Waals surface area contributed by atoms with Gasteiger partial charge in [0.15, 0.2) is 12.7 Å². The molecule has 0 aliphatic carbocycles. The summed E-state index contributed by atoms with van der Waals surface area (Å²) in [7, 11) is 1.54. The van der Waals surface area contributed by atoms with Crippen molar-refractivity contribution in [1.82, 2.24) is 0 Å². The number of carbonyl (C=O) groups excluding carboxylic acids is 2. The zero-order valence-corrected chi connectivity index (χ0v) is 15.7. The molecule has 1 atom stereocenters. The molecule has 28 heavy (non-hydrogen) atoms. The number of ether oxygens (including phenoxy) is 3. The van der Waals surface area contributed by atoms with Crippen LogP contribution in [0.1, 0.15) is 6.92 Å². The van der Waals surface area contributed by atoms with Crippen molar-refractivity contribution in [1.29, 1.82) is 0 Å². The molecule has 3 rings (SSSR count). The van der Waals surface area contributed by atoms with Crippen LogP contribution in [0.4, 0.5) is 5.69 Å². The number of nitrogens with one attached hydrogen (secondary N) is 1. The molecule has 1 N–H and O–H groups in total. The molecule has 0 saturated heterocycles. The minimum atomic E-state index is -0.959. The first-order chi connectivity index (χ1) is 13.5. The lowest BCUT2D eigenvalue weighted by atomic mass is 10.1. The lowest BCUT2D eigenvalue weighted by Gasteiger charge is -2.14. The number of fused-ring (bicyclic) bond motifs is 1. The molecule has 3 aromatic carbocycles. The molecule has 1 amide bonds. The van der Waals surface area contributed by atoms with Crippen molar-refractivity contribution in [2.45, 2.75) is 13.0 Å². The number of rotatable bonds is 7. The molecule has 0 unspecified atom stereocenters. The maximum Gasteiger partial charge on any atom is 0.344 e. The van der Waals surface area contributed by atoms with Crippen LogP contribution in [0, 0.1) is 0 Å². The minimum absolute atomic E-state index is 0.283. The highest BCUT2D eigenvalue weighted by atomic mass is 16.6. The highest BCUT2D eigenvalue weighted by Crippen LogP contribution is 2.20. The van der Waals surface area contributed by atoms with Crippen LogP contribution in [-0.2, 0) is 14.3 Å². The maximum atomic E-state index is 12.2. The molecule has 0 aliphatic rings. The molecule has 0 aliphatic heterocycles. The summed E-state index contributed by atoms with van der Waals surface area (Å²) >= 11 is 0. The van der Waals surface area contributed by atoms with Gasteiger partial charge in [0.1, 0.15) is 11.5 Å². The van der Waals surface area contributed by atoms with Crippen LogP contribution in [0.2, 0.25) is 0 Å². The fraction of sp³-hybridized carbons (Fsp3) is 0.182. The Balaban J connectivity index is 1.50. The summed E-state index contributed by atoms with van der Waals surface area (Å²) in [6.07, 6.45) is -0.959. The minimum Gasteiger partial charge on any atom is -0.497 e. The molecule has 0 heterocycles. The Hall–Kier alpha value is -3.54. The zero-order chi connectivity index (χ0) is 19.9. The Morgan fingerprint density at radius 3 is 2.50 bits per heavy atom. The van der Waals surface area contributed by atoms with Crippen LogP contribution in [0.5, 0.6) is 11.5 Å². The SMILES string of the molecule is COc1cccc(NC(=O)[C@@H](C)OC(=O)COc2ccc3ccccc3c2)c1. The lowest BCUT2D eigenvalue weighted by Crippen LogP contribution is -2.31. The maximum absolute atomic E-state index is 12.2. The van der Waals surface area contributed by atoms with E-state index >= 15 is 0 Å². The van der Waals surface area contributed by atoms with E-state index in [1.165, 1.54) is 6.92 Å². The Morgan fingerprint density at radius 1 is 0.929 bits per heavy atom. The topological polar surface area (TPSA) is 73.9 Å². The Bertz CT molecular complexity index is 985. The standard InChI is InChI=1S/C22H21NO5/c1-15(22(25)23-18-8-5-9-19(13-18)26-2)28-21(24)14-27-20-11-10-16-6-3-4-7-17(16)12-20/h3-13,15H,14H2,1-2H3,(H,23,25)/t15-/m1/s1. The smallest absolute Gasteiger partial charge is 0.344 e. The van der Waals surface area contributed by atoms with Crippen LogP contribution in [-0.4, -0.2) is 31.7 Å². The second-order valence-corrected chi connectivity index (χ2v) is 6.15. The van der Waals surface area contributed by atoms with E-state index in [1.807, 2.05) is 36.4 Å². The predicted octanol–water partition coefficient (Wildman–Crippen LogP) is 3.80. The quantitative estimate of drug-likeness (QED) is 0.632. The second-order valence-electron chi connectivity index (χ2n) is 6.15. The Labute approximate surface area is 163 Å². The third-order valence-electron chi connectivity index (χ3n) is 4.09. The van der Waals surface area contributed by atoms with Crippen molar-refractivity contribution in [3.05, 3.63) is 66.7 Å². The molecule has 0 aromatic heterocycles. The van der Waals surface area contributed by atoms with Gasteiger partial charge < -0.3 is 19.5 Å². The summed E-state index contributed by atoms with van der Waals surface area (Å²) in [4.78, 5) is 24.2. The van der Waals surface area contributed by atoms with Gasteiger partial charge in [0, 0.05) is 11.8 Å². The molecule has 0 spiro atoms. The van der Waals surface area contributed by atoms with Gasteiger partial charge in [-0.25, -0.2) is 4.79 Å². The van der Waals surface area contributed by atoms with Crippen LogP contribution in [0.15, 0.2) is 66.7 Å². The third-order valence-corrected chi connectivity index (χ3v) is 4.09. The van der Waals surface area contributed by atoms with E-state index in [1.54, 1.807) is 37.4 Å². The summed E-state index contributed by atoms with van der Waals surface area (Å²) < 4.78 is 15.7. The number of amides is 1. The average molecular weight is 379 g/mol. The number of anilines is 1. The van der Waals surface area contributed by atoms with Gasteiger partial charge in [0.2, 0.25) is 0 Å². The number of esters is 1. The number of hydrogen-bond acceptors (Lipinski definition) is 5. The molecule has 0 fully saturated rings. The van der Waals surface area contributed by atoms with Crippen LogP contribution < -0.4 is 14.8 Å². The molecule has 6 nitrogen and oxygen atoms in total. The van der Waals surface area contributed by atoms with Crippen molar-refractivity contribution in [3.63, 3.8) is 0 Å². The molecular formula is C22H21NO5. The fourth-order valence-electron chi connectivity index (χ4n) is 2.63. The number of methoxy groups -OCH3 is 1. The highest BCUT2D eigenvalue weighted by molar-refractivity contribution is 5.95. The Morgan fingerprint density at radius 2 is 1.71 bits per heavy atom. The first-order valence-electron chi connectivity index (χ1n) is 8.81. The molecule has 3 aromatic rings. The van der Waals surface area contributed by atoms with E-state index in [9.17, 15) is 9.59 Å². The highest BCUT2D eigenvalue weighted by Gasteiger charge is 2.18. The van der Waals surface area contributed by atoms with Gasteiger partial charge in [0.25, 0.3) is 5.91 Å². The molecular weight excluding hydrogens is 358 g/mol. The van der Waals surface area contributed by atoms with Gasteiger partial charge in [-0.15, -0.1) is 0 Å². The van der Waals surface area contributed by atoms with Gasteiger partial charge in [-0.2, -0.15) is 0 Å². The summed E-state index contributed by atoms with van der Waals surface area (Å²) in [5.41, 5.74) is 0.555. The van der Waals surface area contributed by atoms with Gasteiger partial charge in [-0.3, -0.25) is 4.79 Å². The van der Waals surface area contributed by atoms with Crippen molar-refractivity contribution in [2.24, 2.45) is 0 Å². The first kappa shape index (κ1) is 19.2. The molecule has 0 radical (unpaired) electrons. The Kier molecular flexibility index (Phi) is 6.11. The zero-order valence-electron chi connectivity index (χ0n) is 15.7. The van der Waals surface area contributed by atoms with E-state index in [2.05, 4.69) is 5.32 Å². The van der Waals surface area contributed by atoms with Crippen molar-refractivity contribution in [2.75, 3.05) is 19.0 Å². The van der Waals surface area contributed by atoms with Crippen LogP contribution in [0.25, 0.3) is 10.8 Å². The number of carbonyl (C=O) groups is 2. The molecule has 0 bridgehead atoms. The molecule has 144 valence electrons. The predicted molar refractivity (Wildman–Crippen MR) is 107 cm³/mol. The van der Waals surface area contributed by atoms with E-state index in [0.717, 1.165) is 10.8 Å². The number of hydrogen-bond donors (Lipinski definition) is 1. The van der Waals surface area contributed by atoms with Crippen molar-refractivity contribution in [3.8, 4) is 11.5 Å². The summed E-state index contributed by atoms with van der Waals surface area (Å²) in [5, 5.41) is 4.78.